The molecule has 0 saturated carbocycles. The van der Waals surface area contributed by atoms with Crippen LogP contribution in [0.1, 0.15) is 26.3 Å². The van der Waals surface area contributed by atoms with E-state index in [2.05, 4.69) is 0 Å². The topological polar surface area (TPSA) is 34.1 Å². The molecule has 0 aliphatic carbocycles. The number of hydrogen-bond acceptors (Lipinski definition) is 2. The summed E-state index contributed by atoms with van der Waals surface area (Å²) >= 11 is 0. The second kappa shape index (κ2) is 6.53. The van der Waals surface area contributed by atoms with Crippen molar-refractivity contribution in [1.29, 1.82) is 0 Å². The van der Waals surface area contributed by atoms with Gasteiger partial charge in [0, 0.05) is 16.7 Å². The first-order valence-electron chi connectivity index (χ1n) is 6.35. The van der Waals surface area contributed by atoms with E-state index in [1.165, 1.54) is 0 Å². The quantitative estimate of drug-likeness (QED) is 0.625. The predicted octanol–water partition coefficient (Wildman–Crippen LogP) is 2.98. The van der Waals surface area contributed by atoms with Crippen molar-refractivity contribution >= 4 is 22.5 Å². The maximum absolute atomic E-state index is 12.3. The van der Waals surface area contributed by atoms with Crippen LogP contribution in [0.15, 0.2) is 54.6 Å². The Bertz CT molecular complexity index is 618. The molecule has 0 heterocycles. The Hall–Kier alpha value is -1.87. The number of rotatable bonds is 5. The van der Waals surface area contributed by atoms with Crippen molar-refractivity contribution < 1.29 is 9.59 Å². The van der Waals surface area contributed by atoms with Gasteiger partial charge in [-0.15, -0.1) is 0 Å². The monoisotopic (exact) mass is 285 g/mol. The lowest BCUT2D eigenvalue weighted by molar-refractivity contribution is 0.102. The molecule has 0 N–H and O–H groups in total. The normalized spacial score (nSPS) is 10.6. The summed E-state index contributed by atoms with van der Waals surface area (Å²) in [5.41, 5.74) is 1.82. The van der Waals surface area contributed by atoms with Crippen LogP contribution in [-0.4, -0.2) is 29.8 Å². The molecular formula is C17H17O2S+. The van der Waals surface area contributed by atoms with Gasteiger partial charge >= 0.3 is 0 Å². The van der Waals surface area contributed by atoms with E-state index in [0.29, 0.717) is 22.4 Å². The summed E-state index contributed by atoms with van der Waals surface area (Å²) in [5, 5.41) is 0. The lowest BCUT2D eigenvalue weighted by Gasteiger charge is -2.04. The molecule has 2 rings (SSSR count). The predicted molar refractivity (Wildman–Crippen MR) is 84.7 cm³/mol. The van der Waals surface area contributed by atoms with E-state index in [-0.39, 0.29) is 22.5 Å². The zero-order chi connectivity index (χ0) is 14.5. The number of hydrogen-bond donors (Lipinski definition) is 0. The van der Waals surface area contributed by atoms with Crippen molar-refractivity contribution in [3.05, 3.63) is 71.3 Å². The molecule has 0 aliphatic rings. The highest BCUT2D eigenvalue weighted by molar-refractivity contribution is 7.96. The highest BCUT2D eigenvalue weighted by Gasteiger charge is 2.16. The summed E-state index contributed by atoms with van der Waals surface area (Å²) < 4.78 is 0. The fourth-order valence-electron chi connectivity index (χ4n) is 1.94. The Morgan fingerprint density at radius 1 is 0.850 bits per heavy atom. The summed E-state index contributed by atoms with van der Waals surface area (Å²) in [6.45, 7) is 0. The smallest absolute Gasteiger partial charge is 0.211 e. The largest absolute Gasteiger partial charge is 0.289 e. The zero-order valence-electron chi connectivity index (χ0n) is 11.6. The zero-order valence-corrected chi connectivity index (χ0v) is 12.4. The fourth-order valence-corrected chi connectivity index (χ4v) is 2.63. The van der Waals surface area contributed by atoms with Crippen molar-refractivity contribution in [2.75, 3.05) is 18.3 Å². The molecule has 0 aliphatic heterocycles. The molecule has 0 saturated heterocycles. The average molecular weight is 285 g/mol. The van der Waals surface area contributed by atoms with Crippen LogP contribution >= 0.6 is 0 Å². The molecule has 102 valence electrons. The summed E-state index contributed by atoms with van der Waals surface area (Å²) in [6, 6.07) is 16.1. The molecule has 0 atom stereocenters. The molecule has 2 aromatic carbocycles. The average Bonchev–Trinajstić information content (AvgIpc) is 2.47. The van der Waals surface area contributed by atoms with Gasteiger partial charge in [-0.05, 0) is 17.0 Å². The minimum atomic E-state index is -0.0488. The van der Waals surface area contributed by atoms with Crippen molar-refractivity contribution in [3.8, 4) is 0 Å². The minimum Gasteiger partial charge on any atom is -0.289 e. The minimum absolute atomic E-state index is 0.0488. The Morgan fingerprint density at radius 3 is 2.10 bits per heavy atom. The molecule has 0 aromatic heterocycles. The SMILES string of the molecule is C[S+](C)CC(=O)c1cccc(C(=O)c2ccccc2)c1. The first-order chi connectivity index (χ1) is 9.58. The van der Waals surface area contributed by atoms with E-state index in [4.69, 9.17) is 0 Å². The molecule has 0 fully saturated rings. The Kier molecular flexibility index (Phi) is 4.74. The molecule has 0 bridgehead atoms. The standard InChI is InChI=1S/C17H17O2S/c1-20(2)12-16(18)14-9-6-10-15(11-14)17(19)13-7-4-3-5-8-13/h3-11H,12H2,1-2H3/q+1. The van der Waals surface area contributed by atoms with E-state index >= 15 is 0 Å². The van der Waals surface area contributed by atoms with Crippen molar-refractivity contribution in [1.82, 2.24) is 0 Å². The molecule has 0 radical (unpaired) electrons. The van der Waals surface area contributed by atoms with E-state index in [9.17, 15) is 9.59 Å². The first-order valence-corrected chi connectivity index (χ1v) is 8.56. The molecule has 3 heteroatoms. The maximum atomic E-state index is 12.3. The van der Waals surface area contributed by atoms with Gasteiger partial charge in [0.05, 0.1) is 12.5 Å². The number of carbonyl (C=O) groups excluding carboxylic acids is 2. The number of benzene rings is 2. The summed E-state index contributed by atoms with van der Waals surface area (Å²) in [6.07, 6.45) is 4.08. The fraction of sp³-hybridized carbons (Fsp3) is 0.176. The van der Waals surface area contributed by atoms with Crippen LogP contribution in [0.4, 0.5) is 0 Å². The van der Waals surface area contributed by atoms with Gasteiger partial charge in [-0.25, -0.2) is 0 Å². The second-order valence-corrected chi connectivity index (χ2v) is 7.09. The highest BCUT2D eigenvalue weighted by Crippen LogP contribution is 2.12. The first kappa shape index (κ1) is 14.5. The molecule has 0 unspecified atom stereocenters. The number of carbonyl (C=O) groups is 2. The van der Waals surface area contributed by atoms with Crippen LogP contribution < -0.4 is 0 Å². The van der Waals surface area contributed by atoms with Gasteiger partial charge in [0.1, 0.15) is 0 Å². The lowest BCUT2D eigenvalue weighted by Crippen LogP contribution is -2.14. The maximum Gasteiger partial charge on any atom is 0.211 e. The van der Waals surface area contributed by atoms with Crippen LogP contribution in [0, 0.1) is 0 Å². The van der Waals surface area contributed by atoms with Gasteiger partial charge in [-0.1, -0.05) is 48.5 Å². The van der Waals surface area contributed by atoms with Gasteiger partial charge in [0.2, 0.25) is 5.78 Å². The van der Waals surface area contributed by atoms with Crippen molar-refractivity contribution in [2.24, 2.45) is 0 Å². The second-order valence-electron chi connectivity index (χ2n) is 4.83. The van der Waals surface area contributed by atoms with Crippen LogP contribution in [-0.2, 0) is 10.9 Å². The number of Topliss-reactive ketones (excluding diaryl/α,β-unsaturated/α-hetero) is 1. The molecule has 0 spiro atoms. The Balaban J connectivity index is 2.26. The van der Waals surface area contributed by atoms with Crippen LogP contribution in [0.25, 0.3) is 0 Å². The van der Waals surface area contributed by atoms with Crippen molar-refractivity contribution in [3.63, 3.8) is 0 Å². The third-order valence-corrected chi connectivity index (χ3v) is 3.74. The van der Waals surface area contributed by atoms with Crippen LogP contribution in [0.2, 0.25) is 0 Å². The lowest BCUT2D eigenvalue weighted by atomic mass is 10.0. The molecular weight excluding hydrogens is 268 g/mol. The number of ketones is 2. The van der Waals surface area contributed by atoms with E-state index in [1.54, 1.807) is 36.4 Å². The Morgan fingerprint density at radius 2 is 1.45 bits per heavy atom. The van der Waals surface area contributed by atoms with E-state index in [0.717, 1.165) is 0 Å². The summed E-state index contributed by atoms with van der Waals surface area (Å²) in [7, 11) is 0.0661. The van der Waals surface area contributed by atoms with Gasteiger partial charge in [0.25, 0.3) is 0 Å². The molecule has 0 amide bonds. The molecule has 20 heavy (non-hydrogen) atoms. The third-order valence-electron chi connectivity index (χ3n) is 2.90. The van der Waals surface area contributed by atoms with Crippen LogP contribution in [0.5, 0.6) is 0 Å². The summed E-state index contributed by atoms with van der Waals surface area (Å²) in [5.74, 6) is 0.580. The van der Waals surface area contributed by atoms with Gasteiger partial charge in [-0.2, -0.15) is 0 Å². The van der Waals surface area contributed by atoms with Gasteiger partial charge in [-0.3, -0.25) is 9.59 Å². The summed E-state index contributed by atoms with van der Waals surface area (Å²) in [4.78, 5) is 24.4. The Labute approximate surface area is 122 Å². The van der Waals surface area contributed by atoms with E-state index < -0.39 is 0 Å². The van der Waals surface area contributed by atoms with Gasteiger partial charge in [0.15, 0.2) is 11.5 Å². The van der Waals surface area contributed by atoms with Crippen molar-refractivity contribution in [2.45, 2.75) is 0 Å². The molecule has 2 aromatic rings. The highest BCUT2D eigenvalue weighted by atomic mass is 32.2. The van der Waals surface area contributed by atoms with E-state index in [1.807, 2.05) is 30.7 Å². The van der Waals surface area contributed by atoms with Gasteiger partial charge < -0.3 is 0 Å². The third kappa shape index (κ3) is 3.58. The van der Waals surface area contributed by atoms with Crippen LogP contribution in [0.3, 0.4) is 0 Å². The molecule has 2 nitrogen and oxygen atoms in total.